The topological polar surface area (TPSA) is 42.0 Å². The van der Waals surface area contributed by atoms with Crippen LogP contribution >= 0.6 is 11.6 Å². The highest BCUT2D eigenvalue weighted by Gasteiger charge is 2.37. The highest BCUT2D eigenvalue weighted by atomic mass is 35.5. The van der Waals surface area contributed by atoms with E-state index in [0.29, 0.717) is 11.4 Å². The fourth-order valence-electron chi connectivity index (χ4n) is 2.50. The lowest BCUT2D eigenvalue weighted by Crippen LogP contribution is -2.55. The number of para-hydroxylation sites is 1. The average molecular weight is 275 g/mol. The van der Waals surface area contributed by atoms with Gasteiger partial charge in [0.25, 0.3) is 5.91 Å². The number of amides is 1. The predicted molar refractivity (Wildman–Crippen MR) is 76.5 cm³/mol. The molecule has 1 aliphatic rings. The van der Waals surface area contributed by atoms with Gasteiger partial charge in [0.15, 0.2) is 0 Å². The first-order valence-corrected chi connectivity index (χ1v) is 7.00. The first kappa shape index (κ1) is 12.4. The summed E-state index contributed by atoms with van der Waals surface area (Å²) in [6.45, 7) is 0. The third kappa shape index (κ3) is 2.19. The van der Waals surface area contributed by atoms with Gasteiger partial charge in [-0.25, -0.2) is 0 Å². The number of carbonyl (C=O) groups excluding carboxylic acids is 1. The zero-order chi connectivity index (χ0) is 13.3. The van der Waals surface area contributed by atoms with E-state index in [2.05, 4.69) is 10.3 Å². The molecule has 0 bridgehead atoms. The fraction of sp³-hybridized carbons (Fsp3) is 0.333. The molecule has 19 heavy (non-hydrogen) atoms. The van der Waals surface area contributed by atoms with Crippen molar-refractivity contribution < 1.29 is 4.79 Å². The van der Waals surface area contributed by atoms with E-state index in [-0.39, 0.29) is 11.4 Å². The number of alkyl halides is 1. The lowest BCUT2D eigenvalue weighted by atomic mass is 9.78. The van der Waals surface area contributed by atoms with Crippen LogP contribution in [0.15, 0.2) is 36.5 Å². The molecular formula is C15H15ClN2O. The molecule has 0 saturated heterocycles. The Morgan fingerprint density at radius 1 is 1.32 bits per heavy atom. The molecule has 1 N–H and O–H groups in total. The van der Waals surface area contributed by atoms with E-state index in [4.69, 9.17) is 11.6 Å². The van der Waals surface area contributed by atoms with Crippen molar-refractivity contribution in [1.82, 2.24) is 10.3 Å². The van der Waals surface area contributed by atoms with E-state index >= 15 is 0 Å². The van der Waals surface area contributed by atoms with Crippen molar-refractivity contribution in [2.45, 2.75) is 24.8 Å². The third-order valence-corrected chi connectivity index (χ3v) is 4.35. The van der Waals surface area contributed by atoms with E-state index in [9.17, 15) is 4.79 Å². The van der Waals surface area contributed by atoms with Gasteiger partial charge in [-0.1, -0.05) is 18.2 Å². The molecule has 0 radical (unpaired) electrons. The Kier molecular flexibility index (Phi) is 3.15. The van der Waals surface area contributed by atoms with Crippen LogP contribution in [0.4, 0.5) is 0 Å². The van der Waals surface area contributed by atoms with E-state index in [0.717, 1.165) is 30.2 Å². The maximum Gasteiger partial charge on any atom is 0.252 e. The zero-order valence-corrected chi connectivity index (χ0v) is 11.3. The molecule has 98 valence electrons. The van der Waals surface area contributed by atoms with E-state index in [1.807, 2.05) is 24.3 Å². The maximum absolute atomic E-state index is 12.4. The van der Waals surface area contributed by atoms with Crippen LogP contribution in [0, 0.1) is 0 Å². The van der Waals surface area contributed by atoms with Crippen LogP contribution in [-0.2, 0) is 0 Å². The van der Waals surface area contributed by atoms with Crippen LogP contribution in [0.2, 0.25) is 0 Å². The molecule has 3 rings (SSSR count). The van der Waals surface area contributed by atoms with Crippen LogP contribution in [-0.4, -0.2) is 22.3 Å². The standard InChI is InChI=1S/C15H15ClN2O/c16-10-15(7-3-8-15)18-14(19)12-6-9-17-13-5-2-1-4-11(12)13/h1-2,4-6,9H,3,7-8,10H2,(H,18,19). The predicted octanol–water partition coefficient (Wildman–Crippen LogP) is 3.13. The summed E-state index contributed by atoms with van der Waals surface area (Å²) in [5, 5.41) is 3.97. The number of fused-ring (bicyclic) bond motifs is 1. The Balaban J connectivity index is 1.93. The lowest BCUT2D eigenvalue weighted by molar-refractivity contribution is 0.0855. The van der Waals surface area contributed by atoms with Gasteiger partial charge in [-0.05, 0) is 31.4 Å². The Morgan fingerprint density at radius 2 is 2.11 bits per heavy atom. The smallest absolute Gasteiger partial charge is 0.252 e. The summed E-state index contributed by atoms with van der Waals surface area (Å²) in [6, 6.07) is 9.43. The van der Waals surface area contributed by atoms with Gasteiger partial charge in [0.05, 0.1) is 16.6 Å². The molecule has 0 aliphatic heterocycles. The molecule has 0 unspecified atom stereocenters. The number of carbonyl (C=O) groups is 1. The van der Waals surface area contributed by atoms with Gasteiger partial charge >= 0.3 is 0 Å². The van der Waals surface area contributed by atoms with Gasteiger partial charge in [0.1, 0.15) is 0 Å². The highest BCUT2D eigenvalue weighted by Crippen LogP contribution is 2.33. The average Bonchev–Trinajstić information content (AvgIpc) is 2.42. The van der Waals surface area contributed by atoms with Gasteiger partial charge < -0.3 is 5.32 Å². The number of rotatable bonds is 3. The van der Waals surface area contributed by atoms with Crippen LogP contribution in [0.5, 0.6) is 0 Å². The van der Waals surface area contributed by atoms with E-state index < -0.39 is 0 Å². The number of nitrogens with one attached hydrogen (secondary N) is 1. The Labute approximate surface area is 117 Å². The molecule has 0 spiro atoms. The summed E-state index contributed by atoms with van der Waals surface area (Å²) < 4.78 is 0. The summed E-state index contributed by atoms with van der Waals surface area (Å²) in [5.74, 6) is 0.417. The molecule has 1 amide bonds. The summed E-state index contributed by atoms with van der Waals surface area (Å²) in [4.78, 5) is 16.7. The molecule has 1 aromatic heterocycles. The van der Waals surface area contributed by atoms with Gasteiger partial charge in [-0.15, -0.1) is 11.6 Å². The number of hydrogen-bond donors (Lipinski definition) is 1. The van der Waals surface area contributed by atoms with Crippen molar-refractivity contribution >= 4 is 28.4 Å². The number of benzene rings is 1. The Bertz CT molecular complexity index is 612. The minimum Gasteiger partial charge on any atom is -0.345 e. The third-order valence-electron chi connectivity index (χ3n) is 3.84. The molecule has 0 atom stereocenters. The van der Waals surface area contributed by atoms with Crippen molar-refractivity contribution in [3.8, 4) is 0 Å². The van der Waals surface area contributed by atoms with Crippen LogP contribution in [0.1, 0.15) is 29.6 Å². The number of halogens is 1. The first-order chi connectivity index (χ1) is 9.24. The quantitative estimate of drug-likeness (QED) is 0.874. The summed E-state index contributed by atoms with van der Waals surface area (Å²) in [5.41, 5.74) is 1.30. The molecule has 1 saturated carbocycles. The lowest BCUT2D eigenvalue weighted by Gasteiger charge is -2.41. The highest BCUT2D eigenvalue weighted by molar-refractivity contribution is 6.19. The number of pyridine rings is 1. The molecule has 2 aromatic rings. The monoisotopic (exact) mass is 274 g/mol. The second-order valence-electron chi connectivity index (χ2n) is 5.10. The van der Waals surface area contributed by atoms with Crippen molar-refractivity contribution in [2.75, 3.05) is 5.88 Å². The molecule has 1 aliphatic carbocycles. The summed E-state index contributed by atoms with van der Waals surface area (Å²) in [7, 11) is 0. The molecule has 1 fully saturated rings. The molecule has 3 nitrogen and oxygen atoms in total. The fourth-order valence-corrected chi connectivity index (χ4v) is 2.83. The van der Waals surface area contributed by atoms with Crippen molar-refractivity contribution in [3.63, 3.8) is 0 Å². The minimum atomic E-state index is -0.205. The SMILES string of the molecule is O=C(NC1(CCl)CCC1)c1ccnc2ccccc12. The van der Waals surface area contributed by atoms with Crippen molar-refractivity contribution in [2.24, 2.45) is 0 Å². The Morgan fingerprint density at radius 3 is 2.79 bits per heavy atom. The molecular weight excluding hydrogens is 260 g/mol. The van der Waals surface area contributed by atoms with Crippen molar-refractivity contribution in [3.05, 3.63) is 42.1 Å². The maximum atomic E-state index is 12.4. The van der Waals surface area contributed by atoms with Gasteiger partial charge in [0, 0.05) is 17.5 Å². The second kappa shape index (κ2) is 4.82. The number of hydrogen-bond acceptors (Lipinski definition) is 2. The minimum absolute atomic E-state index is 0.0565. The van der Waals surface area contributed by atoms with Gasteiger partial charge in [-0.3, -0.25) is 9.78 Å². The van der Waals surface area contributed by atoms with Crippen LogP contribution in [0.3, 0.4) is 0 Å². The van der Waals surface area contributed by atoms with E-state index in [1.165, 1.54) is 0 Å². The zero-order valence-electron chi connectivity index (χ0n) is 10.5. The van der Waals surface area contributed by atoms with Crippen LogP contribution in [0.25, 0.3) is 10.9 Å². The number of aromatic nitrogens is 1. The second-order valence-corrected chi connectivity index (χ2v) is 5.36. The normalized spacial score (nSPS) is 16.9. The molecule has 1 heterocycles. The van der Waals surface area contributed by atoms with Crippen molar-refractivity contribution in [1.29, 1.82) is 0 Å². The van der Waals surface area contributed by atoms with E-state index in [1.54, 1.807) is 12.3 Å². The largest absolute Gasteiger partial charge is 0.345 e. The molecule has 1 aromatic carbocycles. The summed E-state index contributed by atoms with van der Waals surface area (Å²) >= 11 is 5.98. The summed E-state index contributed by atoms with van der Waals surface area (Å²) in [6.07, 6.45) is 4.73. The molecule has 4 heteroatoms. The van der Waals surface area contributed by atoms with Crippen LogP contribution < -0.4 is 5.32 Å². The first-order valence-electron chi connectivity index (χ1n) is 6.46. The number of nitrogens with zero attached hydrogens (tertiary/aromatic N) is 1. The Hall–Kier alpha value is -1.61. The van der Waals surface area contributed by atoms with Gasteiger partial charge in [0.2, 0.25) is 0 Å². The van der Waals surface area contributed by atoms with Gasteiger partial charge in [-0.2, -0.15) is 0 Å².